The van der Waals surface area contributed by atoms with Crippen LogP contribution in [0.3, 0.4) is 0 Å². The van der Waals surface area contributed by atoms with Gasteiger partial charge in [0.25, 0.3) is 0 Å². The van der Waals surface area contributed by atoms with Crippen LogP contribution in [0.15, 0.2) is 53.7 Å². The lowest BCUT2D eigenvalue weighted by atomic mass is 10.2. The van der Waals surface area contributed by atoms with Crippen LogP contribution in [0.4, 0.5) is 5.69 Å². The number of halogens is 1. The molecule has 0 saturated carbocycles. The van der Waals surface area contributed by atoms with Crippen LogP contribution in [0, 0.1) is 0 Å². The predicted octanol–water partition coefficient (Wildman–Crippen LogP) is 4.98. The Kier molecular flexibility index (Phi) is 5.66. The predicted molar refractivity (Wildman–Crippen MR) is 106 cm³/mol. The van der Waals surface area contributed by atoms with Crippen LogP contribution in [0.2, 0.25) is 5.02 Å². The number of anilines is 1. The van der Waals surface area contributed by atoms with Crippen molar-refractivity contribution in [1.82, 2.24) is 14.8 Å². The van der Waals surface area contributed by atoms with Gasteiger partial charge in [-0.1, -0.05) is 53.7 Å². The summed E-state index contributed by atoms with van der Waals surface area (Å²) in [6.45, 7) is 2.93. The molecule has 130 valence electrons. The largest absolute Gasteiger partial charge is 0.378 e. The molecule has 2 aromatic carbocycles. The van der Waals surface area contributed by atoms with Crippen molar-refractivity contribution in [2.45, 2.75) is 24.4 Å². The molecule has 0 N–H and O–H groups in total. The van der Waals surface area contributed by atoms with E-state index in [0.717, 1.165) is 45.1 Å². The summed E-state index contributed by atoms with van der Waals surface area (Å²) in [7, 11) is 4.07. The molecule has 0 bridgehead atoms. The minimum atomic E-state index is 0.773. The maximum absolute atomic E-state index is 6.25. The molecule has 0 atom stereocenters. The first kappa shape index (κ1) is 17.8. The molecular weight excluding hydrogens is 352 g/mol. The minimum absolute atomic E-state index is 0.773. The number of hydrogen-bond acceptors (Lipinski definition) is 4. The van der Waals surface area contributed by atoms with Gasteiger partial charge in [0.2, 0.25) is 0 Å². The van der Waals surface area contributed by atoms with Crippen LogP contribution in [-0.4, -0.2) is 28.9 Å². The van der Waals surface area contributed by atoms with Gasteiger partial charge < -0.3 is 9.47 Å². The number of thioether (sulfide) groups is 1. The summed E-state index contributed by atoms with van der Waals surface area (Å²) < 4.78 is 2.15. The van der Waals surface area contributed by atoms with E-state index in [-0.39, 0.29) is 0 Å². The summed E-state index contributed by atoms with van der Waals surface area (Å²) >= 11 is 7.91. The molecule has 0 unspecified atom stereocenters. The van der Waals surface area contributed by atoms with E-state index in [9.17, 15) is 0 Å². The Labute approximate surface area is 157 Å². The highest BCUT2D eigenvalue weighted by molar-refractivity contribution is 7.98. The summed E-state index contributed by atoms with van der Waals surface area (Å²) in [5.74, 6) is 1.67. The summed E-state index contributed by atoms with van der Waals surface area (Å²) in [6, 6.07) is 16.3. The Hall–Kier alpha value is -1.98. The Morgan fingerprint density at radius 1 is 1.08 bits per heavy atom. The monoisotopic (exact) mass is 372 g/mol. The highest BCUT2D eigenvalue weighted by Gasteiger charge is 2.14. The topological polar surface area (TPSA) is 34.0 Å². The maximum atomic E-state index is 6.25. The molecule has 6 heteroatoms. The van der Waals surface area contributed by atoms with E-state index in [0.29, 0.717) is 0 Å². The van der Waals surface area contributed by atoms with Gasteiger partial charge in [-0.3, -0.25) is 0 Å². The smallest absolute Gasteiger partial charge is 0.191 e. The minimum Gasteiger partial charge on any atom is -0.378 e. The summed E-state index contributed by atoms with van der Waals surface area (Å²) in [4.78, 5) is 2.09. The lowest BCUT2D eigenvalue weighted by molar-refractivity contribution is 0.687. The molecule has 0 radical (unpaired) electrons. The van der Waals surface area contributed by atoms with Crippen LogP contribution in [0.1, 0.15) is 12.5 Å². The Balaban J connectivity index is 1.86. The van der Waals surface area contributed by atoms with Gasteiger partial charge in [0.1, 0.15) is 0 Å². The molecule has 3 rings (SSSR count). The van der Waals surface area contributed by atoms with Crippen LogP contribution >= 0.6 is 23.4 Å². The molecule has 0 saturated heterocycles. The molecule has 25 heavy (non-hydrogen) atoms. The highest BCUT2D eigenvalue weighted by Crippen LogP contribution is 2.29. The first-order chi connectivity index (χ1) is 12.1. The van der Waals surface area contributed by atoms with Crippen molar-refractivity contribution in [2.75, 3.05) is 19.0 Å². The van der Waals surface area contributed by atoms with Gasteiger partial charge >= 0.3 is 0 Å². The van der Waals surface area contributed by atoms with Gasteiger partial charge in [-0.25, -0.2) is 0 Å². The average Bonchev–Trinajstić information content (AvgIpc) is 3.04. The number of rotatable bonds is 6. The molecule has 1 heterocycles. The van der Waals surface area contributed by atoms with E-state index in [1.165, 1.54) is 0 Å². The van der Waals surface area contributed by atoms with Gasteiger partial charge in [-0.05, 0) is 30.7 Å². The van der Waals surface area contributed by atoms with E-state index in [4.69, 9.17) is 11.6 Å². The zero-order valence-corrected chi connectivity index (χ0v) is 16.2. The van der Waals surface area contributed by atoms with Crippen molar-refractivity contribution in [2.24, 2.45) is 0 Å². The Morgan fingerprint density at radius 3 is 2.60 bits per heavy atom. The SMILES string of the molecule is CCn1c(SCc2ccccc2Cl)nnc1-c1cccc(N(C)C)c1. The fourth-order valence-corrected chi connectivity index (χ4v) is 3.86. The first-order valence-electron chi connectivity index (χ1n) is 8.17. The van der Waals surface area contributed by atoms with Crippen molar-refractivity contribution in [3.8, 4) is 11.4 Å². The zero-order chi connectivity index (χ0) is 17.8. The lowest BCUT2D eigenvalue weighted by Crippen LogP contribution is -2.08. The third-order valence-corrected chi connectivity index (χ3v) is 5.35. The summed E-state index contributed by atoms with van der Waals surface area (Å²) in [5.41, 5.74) is 3.33. The molecule has 0 aliphatic carbocycles. The standard InChI is InChI=1S/C19H21ClN4S/c1-4-24-18(14-9-7-10-16(12-14)23(2)3)21-22-19(24)25-13-15-8-5-6-11-17(15)20/h5-12H,4,13H2,1-3H3. The number of nitrogens with zero attached hydrogens (tertiary/aromatic N) is 4. The van der Waals surface area contributed by atoms with E-state index in [1.54, 1.807) is 11.8 Å². The van der Waals surface area contributed by atoms with E-state index < -0.39 is 0 Å². The van der Waals surface area contributed by atoms with Crippen molar-refractivity contribution in [3.05, 3.63) is 59.1 Å². The number of hydrogen-bond donors (Lipinski definition) is 0. The van der Waals surface area contributed by atoms with E-state index in [1.807, 2.05) is 38.4 Å². The molecule has 0 amide bonds. The van der Waals surface area contributed by atoms with Crippen LogP contribution in [0.5, 0.6) is 0 Å². The molecule has 0 spiro atoms. The molecule has 3 aromatic rings. The third kappa shape index (κ3) is 3.99. The lowest BCUT2D eigenvalue weighted by Gasteiger charge is -2.14. The van der Waals surface area contributed by atoms with Gasteiger partial charge in [-0.15, -0.1) is 10.2 Å². The number of aromatic nitrogens is 3. The van der Waals surface area contributed by atoms with Gasteiger partial charge in [-0.2, -0.15) is 0 Å². The molecule has 0 aliphatic heterocycles. The van der Waals surface area contributed by atoms with E-state index in [2.05, 4.69) is 50.9 Å². The fourth-order valence-electron chi connectivity index (χ4n) is 2.58. The molecule has 4 nitrogen and oxygen atoms in total. The molecule has 1 aromatic heterocycles. The molecule has 0 aliphatic rings. The zero-order valence-electron chi connectivity index (χ0n) is 14.6. The van der Waals surface area contributed by atoms with Crippen molar-refractivity contribution < 1.29 is 0 Å². The van der Waals surface area contributed by atoms with Crippen LogP contribution in [-0.2, 0) is 12.3 Å². The Bertz CT molecular complexity index is 860. The maximum Gasteiger partial charge on any atom is 0.191 e. The summed E-state index contributed by atoms with van der Waals surface area (Å²) in [6.07, 6.45) is 0. The number of benzene rings is 2. The van der Waals surface area contributed by atoms with Crippen molar-refractivity contribution >= 4 is 29.1 Å². The van der Waals surface area contributed by atoms with Gasteiger partial charge in [0.15, 0.2) is 11.0 Å². The molecule has 0 fully saturated rings. The van der Waals surface area contributed by atoms with Gasteiger partial charge in [0.05, 0.1) is 0 Å². The fraction of sp³-hybridized carbons (Fsp3) is 0.263. The molecular formula is C19H21ClN4S. The van der Waals surface area contributed by atoms with Crippen molar-refractivity contribution in [3.63, 3.8) is 0 Å². The normalized spacial score (nSPS) is 10.9. The third-order valence-electron chi connectivity index (χ3n) is 3.97. The van der Waals surface area contributed by atoms with E-state index >= 15 is 0 Å². The van der Waals surface area contributed by atoms with Gasteiger partial charge in [0, 0.05) is 42.7 Å². The van der Waals surface area contributed by atoms with Crippen LogP contribution in [0.25, 0.3) is 11.4 Å². The Morgan fingerprint density at radius 2 is 1.88 bits per heavy atom. The van der Waals surface area contributed by atoms with Crippen LogP contribution < -0.4 is 4.90 Å². The average molecular weight is 373 g/mol. The highest BCUT2D eigenvalue weighted by atomic mass is 35.5. The quantitative estimate of drug-likeness (QED) is 0.571. The second kappa shape index (κ2) is 7.93. The summed E-state index contributed by atoms with van der Waals surface area (Å²) in [5, 5.41) is 10.5. The van der Waals surface area contributed by atoms with Crippen molar-refractivity contribution in [1.29, 1.82) is 0 Å². The first-order valence-corrected chi connectivity index (χ1v) is 9.53. The second-order valence-corrected chi connectivity index (χ2v) is 7.22. The second-order valence-electron chi connectivity index (χ2n) is 5.88.